The molecule has 10 nitrogen and oxygen atoms in total. The van der Waals surface area contributed by atoms with Crippen molar-refractivity contribution >= 4 is 48.9 Å². The summed E-state index contributed by atoms with van der Waals surface area (Å²) in [4.78, 5) is 12.7. The van der Waals surface area contributed by atoms with Crippen molar-refractivity contribution in [2.24, 2.45) is 0 Å². The van der Waals surface area contributed by atoms with Crippen LogP contribution in [0.5, 0.6) is 5.75 Å². The van der Waals surface area contributed by atoms with E-state index in [1.807, 2.05) is 0 Å². The van der Waals surface area contributed by atoms with E-state index in [9.17, 15) is 21.6 Å². The molecule has 1 fully saturated rings. The van der Waals surface area contributed by atoms with Crippen molar-refractivity contribution in [2.75, 3.05) is 55.8 Å². The van der Waals surface area contributed by atoms with Crippen molar-refractivity contribution in [3.63, 3.8) is 0 Å². The van der Waals surface area contributed by atoms with Gasteiger partial charge in [0.05, 0.1) is 32.3 Å². The number of hydrogen-bond acceptors (Lipinski definition) is 7. The number of methoxy groups -OCH3 is 1. The molecule has 0 unspecified atom stereocenters. The molecule has 0 bridgehead atoms. The lowest BCUT2D eigenvalue weighted by Gasteiger charge is -2.27. The van der Waals surface area contributed by atoms with E-state index in [0.717, 1.165) is 10.6 Å². The van der Waals surface area contributed by atoms with Crippen molar-refractivity contribution in [1.82, 2.24) is 4.31 Å². The summed E-state index contributed by atoms with van der Waals surface area (Å²) in [5, 5.41) is 2.93. The first-order valence-corrected chi connectivity index (χ1v) is 13.9. The average molecular weight is 532 g/mol. The lowest BCUT2D eigenvalue weighted by molar-refractivity contribution is -0.114. The van der Waals surface area contributed by atoms with Gasteiger partial charge in [0.25, 0.3) is 0 Å². The molecule has 0 atom stereocenters. The Morgan fingerprint density at radius 2 is 1.85 bits per heavy atom. The van der Waals surface area contributed by atoms with Crippen LogP contribution in [0.1, 0.15) is 5.56 Å². The van der Waals surface area contributed by atoms with Gasteiger partial charge in [-0.2, -0.15) is 4.31 Å². The number of rotatable bonds is 8. The minimum Gasteiger partial charge on any atom is -0.495 e. The van der Waals surface area contributed by atoms with Crippen molar-refractivity contribution in [3.8, 4) is 5.75 Å². The maximum Gasteiger partial charge on any atom is 0.246 e. The maximum absolute atomic E-state index is 13.1. The molecule has 13 heteroatoms. The highest BCUT2D eigenvalue weighted by Crippen LogP contribution is 2.31. The zero-order valence-electron chi connectivity index (χ0n) is 18.9. The molecule has 2 aromatic rings. The number of nitrogens with zero attached hydrogens (tertiary/aromatic N) is 2. The monoisotopic (exact) mass is 531 g/mol. The number of hydrogen-bond donors (Lipinski definition) is 1. The first kappa shape index (κ1) is 26.2. The number of morpholine rings is 1. The van der Waals surface area contributed by atoms with Gasteiger partial charge < -0.3 is 14.8 Å². The van der Waals surface area contributed by atoms with Crippen molar-refractivity contribution in [3.05, 3.63) is 47.0 Å². The number of halogens is 1. The van der Waals surface area contributed by atoms with E-state index in [1.165, 1.54) is 29.6 Å². The SMILES string of the molecule is COc1ccc(NC(=O)CN(c2cccc(Cl)c2C)S(C)(=O)=O)cc1S(=O)(=O)N1CCOCC1. The van der Waals surface area contributed by atoms with Crippen LogP contribution in [0.25, 0.3) is 0 Å². The van der Waals surface area contributed by atoms with Crippen LogP contribution in [-0.2, 0) is 29.6 Å². The molecule has 1 N–H and O–H groups in total. The summed E-state index contributed by atoms with van der Waals surface area (Å²) in [5.41, 5.74) is 0.954. The maximum atomic E-state index is 13.1. The number of carbonyl (C=O) groups excluding carboxylic acids is 1. The van der Waals surface area contributed by atoms with Gasteiger partial charge in [-0.25, -0.2) is 16.8 Å². The molecule has 0 spiro atoms. The molecule has 1 amide bonds. The Labute approximate surface area is 204 Å². The Bertz CT molecular complexity index is 1280. The van der Waals surface area contributed by atoms with E-state index in [4.69, 9.17) is 21.1 Å². The number of sulfonamides is 2. The van der Waals surface area contributed by atoms with Crippen LogP contribution in [0.15, 0.2) is 41.3 Å². The molecular formula is C21H26ClN3O7S2. The molecule has 1 saturated heterocycles. The Kier molecular flexibility index (Phi) is 8.09. The second-order valence-corrected chi connectivity index (χ2v) is 11.8. The number of amides is 1. The predicted octanol–water partition coefficient (Wildman–Crippen LogP) is 2.08. The fourth-order valence-corrected chi connectivity index (χ4v) is 6.13. The summed E-state index contributed by atoms with van der Waals surface area (Å²) in [6, 6.07) is 8.96. The van der Waals surface area contributed by atoms with Crippen LogP contribution in [0.2, 0.25) is 5.02 Å². The standard InChI is InChI=1S/C21H26ClN3O7S2/c1-15-17(22)5-4-6-18(15)25(33(3,27)28)14-21(26)23-16-7-8-19(31-2)20(13-16)34(29,30)24-9-11-32-12-10-24/h4-8,13H,9-12,14H2,1-3H3,(H,23,26). The fourth-order valence-electron chi connectivity index (χ4n) is 3.46. The molecule has 34 heavy (non-hydrogen) atoms. The molecular weight excluding hydrogens is 506 g/mol. The van der Waals surface area contributed by atoms with Crippen LogP contribution in [0.3, 0.4) is 0 Å². The topological polar surface area (TPSA) is 122 Å². The minimum atomic E-state index is -3.91. The lowest BCUT2D eigenvalue weighted by atomic mass is 10.2. The quantitative estimate of drug-likeness (QED) is 0.553. The van der Waals surface area contributed by atoms with Crippen molar-refractivity contribution in [2.45, 2.75) is 11.8 Å². The smallest absolute Gasteiger partial charge is 0.246 e. The first-order chi connectivity index (χ1) is 15.9. The summed E-state index contributed by atoms with van der Waals surface area (Å²) >= 11 is 6.12. The molecule has 0 aliphatic carbocycles. The van der Waals surface area contributed by atoms with E-state index in [0.29, 0.717) is 10.6 Å². The number of benzene rings is 2. The number of nitrogens with one attached hydrogen (secondary N) is 1. The minimum absolute atomic E-state index is 0.111. The molecule has 3 rings (SSSR count). The Hall–Kier alpha value is -2.38. The van der Waals surface area contributed by atoms with Gasteiger partial charge in [-0.05, 0) is 42.8 Å². The van der Waals surface area contributed by atoms with E-state index in [-0.39, 0.29) is 48.3 Å². The molecule has 1 aliphatic heterocycles. The lowest BCUT2D eigenvalue weighted by Crippen LogP contribution is -2.40. The molecule has 0 radical (unpaired) electrons. The van der Waals surface area contributed by atoms with Gasteiger partial charge in [0.2, 0.25) is 26.0 Å². The van der Waals surface area contributed by atoms with Crippen LogP contribution >= 0.6 is 11.6 Å². The highest BCUT2D eigenvalue weighted by Gasteiger charge is 2.30. The van der Waals surface area contributed by atoms with Crippen LogP contribution < -0.4 is 14.4 Å². The number of ether oxygens (including phenoxy) is 2. The number of anilines is 2. The molecule has 1 aliphatic rings. The van der Waals surface area contributed by atoms with Gasteiger partial charge in [0.15, 0.2) is 0 Å². The average Bonchev–Trinajstić information content (AvgIpc) is 2.79. The Balaban J connectivity index is 1.88. The number of carbonyl (C=O) groups is 1. The van der Waals surface area contributed by atoms with E-state index in [2.05, 4.69) is 5.32 Å². The first-order valence-electron chi connectivity index (χ1n) is 10.2. The summed E-state index contributed by atoms with van der Waals surface area (Å²) in [6.45, 7) is 2.08. The Morgan fingerprint density at radius 1 is 1.18 bits per heavy atom. The second-order valence-electron chi connectivity index (χ2n) is 7.58. The Morgan fingerprint density at radius 3 is 2.47 bits per heavy atom. The van der Waals surface area contributed by atoms with Crippen molar-refractivity contribution in [1.29, 1.82) is 0 Å². The van der Waals surface area contributed by atoms with Gasteiger partial charge in [-0.3, -0.25) is 9.10 Å². The molecule has 186 valence electrons. The summed E-state index contributed by atoms with van der Waals surface area (Å²) in [7, 11) is -6.38. The third kappa shape index (κ3) is 5.81. The van der Waals surface area contributed by atoms with Gasteiger partial charge in [0, 0.05) is 23.8 Å². The van der Waals surface area contributed by atoms with E-state index < -0.39 is 32.5 Å². The van der Waals surface area contributed by atoms with Crippen LogP contribution in [0, 0.1) is 6.92 Å². The summed E-state index contributed by atoms with van der Waals surface area (Å²) in [5.74, 6) is -0.540. The highest BCUT2D eigenvalue weighted by atomic mass is 35.5. The fraction of sp³-hybridized carbons (Fsp3) is 0.381. The predicted molar refractivity (Wildman–Crippen MR) is 130 cm³/mol. The molecule has 2 aromatic carbocycles. The van der Waals surface area contributed by atoms with E-state index in [1.54, 1.807) is 25.1 Å². The van der Waals surface area contributed by atoms with E-state index >= 15 is 0 Å². The van der Waals surface area contributed by atoms with Crippen molar-refractivity contribution < 1.29 is 31.1 Å². The molecule has 0 saturated carbocycles. The zero-order valence-corrected chi connectivity index (χ0v) is 21.3. The second kappa shape index (κ2) is 10.5. The molecule has 1 heterocycles. The van der Waals surface area contributed by atoms with Crippen LogP contribution in [-0.4, -0.2) is 73.3 Å². The van der Waals surface area contributed by atoms with Gasteiger partial charge in [-0.15, -0.1) is 0 Å². The van der Waals surface area contributed by atoms with Gasteiger partial charge in [-0.1, -0.05) is 17.7 Å². The van der Waals surface area contributed by atoms with Gasteiger partial charge >= 0.3 is 0 Å². The third-order valence-electron chi connectivity index (χ3n) is 5.23. The van der Waals surface area contributed by atoms with Gasteiger partial charge in [0.1, 0.15) is 17.2 Å². The highest BCUT2D eigenvalue weighted by molar-refractivity contribution is 7.92. The zero-order chi connectivity index (χ0) is 25.1. The summed E-state index contributed by atoms with van der Waals surface area (Å²) < 4.78 is 63.8. The summed E-state index contributed by atoms with van der Waals surface area (Å²) in [6.07, 6.45) is 0.987. The third-order valence-corrected chi connectivity index (χ3v) is 8.69. The normalized spacial score (nSPS) is 15.1. The molecule has 0 aromatic heterocycles. The largest absolute Gasteiger partial charge is 0.495 e. The van der Waals surface area contributed by atoms with Crippen LogP contribution in [0.4, 0.5) is 11.4 Å².